The highest BCUT2D eigenvalue weighted by Crippen LogP contribution is 2.29. The van der Waals surface area contributed by atoms with Gasteiger partial charge in [0.05, 0.1) is 29.7 Å². The Morgan fingerprint density at radius 1 is 1.20 bits per heavy atom. The number of carbonyl (C=O) groups is 1. The second-order valence-corrected chi connectivity index (χ2v) is 8.77. The Hall–Kier alpha value is -1.87. The molecule has 1 aromatic carbocycles. The van der Waals surface area contributed by atoms with E-state index in [1.54, 1.807) is 12.1 Å². The third-order valence-corrected chi connectivity index (χ3v) is 6.78. The molecule has 2 aliphatic rings. The number of nitrogens with one attached hydrogen (secondary N) is 1. The number of para-hydroxylation sites is 1. The number of aromatic nitrogens is 2. The van der Waals surface area contributed by atoms with Crippen molar-refractivity contribution in [2.75, 3.05) is 43.9 Å². The Morgan fingerprint density at radius 3 is 2.80 bits per heavy atom. The van der Waals surface area contributed by atoms with Crippen molar-refractivity contribution >= 4 is 35.0 Å². The number of carbonyl (C=O) groups excluding carboxylic acids is 1. The second-order valence-electron chi connectivity index (χ2n) is 7.40. The van der Waals surface area contributed by atoms with Gasteiger partial charge in [0.2, 0.25) is 5.91 Å². The summed E-state index contributed by atoms with van der Waals surface area (Å²) < 4.78 is 7.22. The van der Waals surface area contributed by atoms with Gasteiger partial charge in [-0.05, 0) is 31.4 Å². The van der Waals surface area contributed by atoms with Crippen LogP contribution in [0.3, 0.4) is 0 Å². The maximum absolute atomic E-state index is 12.7. The number of anilines is 1. The standard InChI is InChI=1S/C21H25ClN4O3S/c22-16-5-1-2-6-17(16)23-19(27)14-30-20-15-4-3-7-18(15)26(21(28)24-20)9-8-25-10-12-29-13-11-25/h1-2,5-6H,3-4,7-14H2,(H,23,27). The van der Waals surface area contributed by atoms with Gasteiger partial charge in [0.1, 0.15) is 5.03 Å². The van der Waals surface area contributed by atoms with Crippen molar-refractivity contribution in [3.8, 4) is 0 Å². The summed E-state index contributed by atoms with van der Waals surface area (Å²) in [7, 11) is 0. The Kier molecular flexibility index (Phi) is 7.09. The highest BCUT2D eigenvalue weighted by atomic mass is 35.5. The van der Waals surface area contributed by atoms with Gasteiger partial charge in [-0.1, -0.05) is 35.5 Å². The smallest absolute Gasteiger partial charge is 0.348 e. The van der Waals surface area contributed by atoms with E-state index in [-0.39, 0.29) is 17.3 Å². The highest BCUT2D eigenvalue weighted by Gasteiger charge is 2.23. The number of amides is 1. The van der Waals surface area contributed by atoms with Gasteiger partial charge in [-0.25, -0.2) is 4.79 Å². The molecule has 7 nitrogen and oxygen atoms in total. The van der Waals surface area contributed by atoms with Crippen molar-refractivity contribution in [2.24, 2.45) is 0 Å². The van der Waals surface area contributed by atoms with Crippen LogP contribution in [0.15, 0.2) is 34.1 Å². The lowest BCUT2D eigenvalue weighted by Crippen LogP contribution is -2.40. The second kappa shape index (κ2) is 9.96. The first-order chi connectivity index (χ1) is 14.6. The molecule has 1 fully saturated rings. The minimum absolute atomic E-state index is 0.168. The van der Waals surface area contributed by atoms with Crippen LogP contribution in [-0.4, -0.2) is 59.0 Å². The SMILES string of the molecule is O=C(CSc1nc(=O)n(CCN2CCOCC2)c2c1CCC2)Nc1ccccc1Cl. The normalized spacial score (nSPS) is 16.4. The van der Waals surface area contributed by atoms with Gasteiger partial charge in [-0.15, -0.1) is 0 Å². The quantitative estimate of drug-likeness (QED) is 0.518. The zero-order valence-corrected chi connectivity index (χ0v) is 18.3. The molecule has 0 unspecified atom stereocenters. The summed E-state index contributed by atoms with van der Waals surface area (Å²) in [6.07, 6.45) is 2.79. The van der Waals surface area contributed by atoms with Gasteiger partial charge in [-0.3, -0.25) is 14.3 Å². The molecule has 1 saturated heterocycles. The van der Waals surface area contributed by atoms with Gasteiger partial charge in [0, 0.05) is 37.4 Å². The number of fused-ring (bicyclic) bond motifs is 1. The molecule has 1 aliphatic carbocycles. The topological polar surface area (TPSA) is 76.5 Å². The summed E-state index contributed by atoms with van der Waals surface area (Å²) in [5.41, 5.74) is 2.56. The molecule has 2 aromatic rings. The molecule has 0 bridgehead atoms. The number of ether oxygens (including phenoxy) is 1. The van der Waals surface area contributed by atoms with Crippen molar-refractivity contribution in [3.05, 3.63) is 51.0 Å². The van der Waals surface area contributed by atoms with E-state index in [9.17, 15) is 9.59 Å². The molecule has 1 aromatic heterocycles. The third-order valence-electron chi connectivity index (χ3n) is 5.43. The summed E-state index contributed by atoms with van der Waals surface area (Å²) in [6.45, 7) is 4.77. The zero-order chi connectivity index (χ0) is 20.9. The molecule has 4 rings (SSSR count). The van der Waals surface area contributed by atoms with Crippen molar-refractivity contribution in [2.45, 2.75) is 30.8 Å². The summed E-state index contributed by atoms with van der Waals surface area (Å²) >= 11 is 7.42. The predicted molar refractivity (Wildman–Crippen MR) is 119 cm³/mol. The molecule has 1 aliphatic heterocycles. The van der Waals surface area contributed by atoms with Crippen LogP contribution in [0, 0.1) is 0 Å². The number of nitrogens with zero attached hydrogens (tertiary/aromatic N) is 3. The first-order valence-electron chi connectivity index (χ1n) is 10.2. The van der Waals surface area contributed by atoms with Crippen LogP contribution in [0.25, 0.3) is 0 Å². The summed E-state index contributed by atoms with van der Waals surface area (Å²) in [5, 5.41) is 3.99. The van der Waals surface area contributed by atoms with Gasteiger partial charge < -0.3 is 10.1 Å². The van der Waals surface area contributed by atoms with Crippen LogP contribution in [-0.2, 0) is 28.9 Å². The Labute approximate surface area is 184 Å². The van der Waals surface area contributed by atoms with E-state index in [1.165, 1.54) is 11.8 Å². The van der Waals surface area contributed by atoms with Crippen molar-refractivity contribution in [1.82, 2.24) is 14.5 Å². The molecule has 160 valence electrons. The first kappa shape index (κ1) is 21.4. The lowest BCUT2D eigenvalue weighted by molar-refractivity contribution is -0.113. The van der Waals surface area contributed by atoms with E-state index in [0.29, 0.717) is 22.3 Å². The zero-order valence-electron chi connectivity index (χ0n) is 16.7. The number of hydrogen-bond acceptors (Lipinski definition) is 6. The van der Waals surface area contributed by atoms with E-state index < -0.39 is 0 Å². The van der Waals surface area contributed by atoms with Crippen molar-refractivity contribution < 1.29 is 9.53 Å². The molecule has 9 heteroatoms. The number of benzene rings is 1. The van der Waals surface area contributed by atoms with Crippen LogP contribution < -0.4 is 11.0 Å². The molecule has 0 atom stereocenters. The van der Waals surface area contributed by atoms with Crippen molar-refractivity contribution in [3.63, 3.8) is 0 Å². The van der Waals surface area contributed by atoms with Crippen LogP contribution in [0.4, 0.5) is 5.69 Å². The van der Waals surface area contributed by atoms with Gasteiger partial charge in [0.15, 0.2) is 0 Å². The molecule has 0 radical (unpaired) electrons. The summed E-state index contributed by atoms with van der Waals surface area (Å²) in [4.78, 5) is 31.7. The molecule has 0 spiro atoms. The molecule has 1 amide bonds. The Balaban J connectivity index is 1.42. The monoisotopic (exact) mass is 448 g/mol. The largest absolute Gasteiger partial charge is 0.379 e. The fourth-order valence-corrected chi connectivity index (χ4v) is 4.94. The minimum atomic E-state index is -0.224. The predicted octanol–water partition coefficient (Wildman–Crippen LogP) is 2.45. The van der Waals surface area contributed by atoms with Crippen LogP contribution in [0.1, 0.15) is 17.7 Å². The third kappa shape index (κ3) is 5.06. The lowest BCUT2D eigenvalue weighted by atomic mass is 10.2. The Morgan fingerprint density at radius 2 is 2.00 bits per heavy atom. The Bertz CT molecular complexity index is 975. The highest BCUT2D eigenvalue weighted by molar-refractivity contribution is 8.00. The van der Waals surface area contributed by atoms with Gasteiger partial charge in [-0.2, -0.15) is 4.98 Å². The number of thioether (sulfide) groups is 1. The van der Waals surface area contributed by atoms with E-state index in [4.69, 9.17) is 16.3 Å². The molecular weight excluding hydrogens is 424 g/mol. The first-order valence-corrected chi connectivity index (χ1v) is 11.6. The number of morpholine rings is 1. The van der Waals surface area contributed by atoms with E-state index in [2.05, 4.69) is 15.2 Å². The fraction of sp³-hybridized carbons (Fsp3) is 0.476. The number of halogens is 1. The van der Waals surface area contributed by atoms with Crippen LogP contribution >= 0.6 is 23.4 Å². The summed E-state index contributed by atoms with van der Waals surface area (Å²) in [6, 6.07) is 7.12. The van der Waals surface area contributed by atoms with Crippen LogP contribution in [0.5, 0.6) is 0 Å². The van der Waals surface area contributed by atoms with E-state index >= 15 is 0 Å². The van der Waals surface area contributed by atoms with E-state index in [1.807, 2.05) is 16.7 Å². The molecule has 1 N–H and O–H groups in total. The lowest BCUT2D eigenvalue weighted by Gasteiger charge is -2.27. The van der Waals surface area contributed by atoms with Crippen LogP contribution in [0.2, 0.25) is 5.02 Å². The number of rotatable bonds is 7. The van der Waals surface area contributed by atoms with Crippen molar-refractivity contribution in [1.29, 1.82) is 0 Å². The minimum Gasteiger partial charge on any atom is -0.379 e. The average Bonchev–Trinajstić information content (AvgIpc) is 3.24. The maximum Gasteiger partial charge on any atom is 0.348 e. The molecular formula is C21H25ClN4O3S. The maximum atomic E-state index is 12.7. The summed E-state index contributed by atoms with van der Waals surface area (Å²) in [5.74, 6) is 0.0140. The molecule has 30 heavy (non-hydrogen) atoms. The van der Waals surface area contributed by atoms with E-state index in [0.717, 1.165) is 63.4 Å². The fourth-order valence-electron chi connectivity index (χ4n) is 3.89. The van der Waals surface area contributed by atoms with Gasteiger partial charge >= 0.3 is 5.69 Å². The molecule has 2 heterocycles. The van der Waals surface area contributed by atoms with Gasteiger partial charge in [0.25, 0.3) is 0 Å². The average molecular weight is 449 g/mol. The number of hydrogen-bond donors (Lipinski definition) is 1. The molecule has 0 saturated carbocycles.